The van der Waals surface area contributed by atoms with Gasteiger partial charge in [-0.3, -0.25) is 4.79 Å². The van der Waals surface area contributed by atoms with Gasteiger partial charge in [0.15, 0.2) is 11.6 Å². The van der Waals surface area contributed by atoms with Crippen LogP contribution in [0.25, 0.3) is 0 Å². The van der Waals surface area contributed by atoms with Gasteiger partial charge in [-0.2, -0.15) is 0 Å². The molecule has 7 heteroatoms. The molecular weight excluding hydrogens is 425 g/mol. The van der Waals surface area contributed by atoms with Gasteiger partial charge in [-0.15, -0.1) is 0 Å². The largest absolute Gasteiger partial charge is 0.485 e. The highest BCUT2D eigenvalue weighted by atomic mass is 19.1. The van der Waals surface area contributed by atoms with E-state index in [1.54, 1.807) is 12.1 Å². The van der Waals surface area contributed by atoms with E-state index in [1.165, 1.54) is 24.1 Å². The van der Waals surface area contributed by atoms with Crippen molar-refractivity contribution in [3.05, 3.63) is 89.7 Å². The molecule has 168 valence electrons. The van der Waals surface area contributed by atoms with E-state index in [1.807, 2.05) is 48.5 Å². The standard InChI is InChI=1S/C26H22FNO5/c1-31-26(30)20-14-16(32-23-13-7-4-10-19(23)27)15-28(20)25(29)24-17-8-2-5-11-21(17)33-22-12-6-3-9-18(22)24/h2-13,16,20,24H,14-15H2,1H3. The van der Waals surface area contributed by atoms with E-state index >= 15 is 0 Å². The molecule has 2 heterocycles. The Labute approximate surface area is 190 Å². The molecule has 0 radical (unpaired) electrons. The van der Waals surface area contributed by atoms with Crippen LogP contribution in [0.1, 0.15) is 23.5 Å². The minimum atomic E-state index is -0.832. The maximum atomic E-state index is 14.1. The first kappa shape index (κ1) is 21.0. The fourth-order valence-corrected chi connectivity index (χ4v) is 4.55. The molecule has 33 heavy (non-hydrogen) atoms. The zero-order chi connectivity index (χ0) is 22.9. The van der Waals surface area contributed by atoms with Gasteiger partial charge in [0.25, 0.3) is 0 Å². The van der Waals surface area contributed by atoms with Gasteiger partial charge in [0.2, 0.25) is 5.91 Å². The Hall–Kier alpha value is -3.87. The number of nitrogens with zero attached hydrogens (tertiary/aromatic N) is 1. The van der Waals surface area contributed by atoms with Crippen LogP contribution in [0.4, 0.5) is 4.39 Å². The van der Waals surface area contributed by atoms with E-state index < -0.39 is 29.9 Å². The second-order valence-electron chi connectivity index (χ2n) is 8.05. The van der Waals surface area contributed by atoms with Gasteiger partial charge in [-0.05, 0) is 24.3 Å². The molecule has 0 aromatic heterocycles. The van der Waals surface area contributed by atoms with Gasteiger partial charge in [0.1, 0.15) is 23.6 Å². The minimum absolute atomic E-state index is 0.0853. The van der Waals surface area contributed by atoms with E-state index in [9.17, 15) is 14.0 Å². The SMILES string of the molecule is COC(=O)C1CC(Oc2ccccc2F)CN1C(=O)C1c2ccccc2Oc2ccccc21. The molecule has 3 aromatic carbocycles. The number of esters is 1. The Bertz CT molecular complexity index is 1170. The number of hydrogen-bond donors (Lipinski definition) is 0. The van der Waals surface area contributed by atoms with E-state index in [-0.39, 0.29) is 24.6 Å². The number of para-hydroxylation sites is 3. The number of fused-ring (bicyclic) bond motifs is 2. The number of rotatable bonds is 4. The summed E-state index contributed by atoms with van der Waals surface area (Å²) in [6, 6.07) is 20.0. The summed E-state index contributed by atoms with van der Waals surface area (Å²) in [6.07, 6.45) is -0.348. The average molecular weight is 447 g/mol. The summed E-state index contributed by atoms with van der Waals surface area (Å²) >= 11 is 0. The molecule has 5 rings (SSSR count). The third kappa shape index (κ3) is 3.80. The van der Waals surface area contributed by atoms with Crippen molar-refractivity contribution in [1.29, 1.82) is 0 Å². The molecule has 0 N–H and O–H groups in total. The van der Waals surface area contributed by atoms with Crippen LogP contribution in [-0.2, 0) is 14.3 Å². The molecule has 2 aliphatic heterocycles. The molecule has 1 amide bonds. The van der Waals surface area contributed by atoms with Crippen LogP contribution in [0.15, 0.2) is 72.8 Å². The summed E-state index contributed by atoms with van der Waals surface area (Å²) in [7, 11) is 1.29. The van der Waals surface area contributed by atoms with Crippen LogP contribution in [0.5, 0.6) is 17.2 Å². The van der Waals surface area contributed by atoms with Gasteiger partial charge in [-0.1, -0.05) is 48.5 Å². The average Bonchev–Trinajstić information content (AvgIpc) is 3.27. The smallest absolute Gasteiger partial charge is 0.328 e. The Balaban J connectivity index is 1.49. The van der Waals surface area contributed by atoms with Crippen molar-refractivity contribution in [3.63, 3.8) is 0 Å². The van der Waals surface area contributed by atoms with Crippen molar-refractivity contribution in [3.8, 4) is 17.2 Å². The number of likely N-dealkylation sites (tertiary alicyclic amines) is 1. The Morgan fingerprint density at radius 3 is 2.18 bits per heavy atom. The van der Waals surface area contributed by atoms with Gasteiger partial charge >= 0.3 is 5.97 Å². The lowest BCUT2D eigenvalue weighted by Gasteiger charge is -2.32. The van der Waals surface area contributed by atoms with Crippen molar-refractivity contribution in [1.82, 2.24) is 4.90 Å². The molecule has 2 unspecified atom stereocenters. The van der Waals surface area contributed by atoms with Crippen LogP contribution in [0.3, 0.4) is 0 Å². The number of halogens is 1. The highest BCUT2D eigenvalue weighted by Gasteiger charge is 2.45. The van der Waals surface area contributed by atoms with Crippen molar-refractivity contribution < 1.29 is 28.2 Å². The quantitative estimate of drug-likeness (QED) is 0.559. The van der Waals surface area contributed by atoms with Gasteiger partial charge in [0, 0.05) is 17.5 Å². The predicted octanol–water partition coefficient (Wildman–Crippen LogP) is 4.28. The predicted molar refractivity (Wildman–Crippen MR) is 118 cm³/mol. The molecule has 2 atom stereocenters. The molecular formula is C26H22FNO5. The summed E-state index contributed by atoms with van der Waals surface area (Å²) < 4.78 is 30.9. The third-order valence-electron chi connectivity index (χ3n) is 6.08. The topological polar surface area (TPSA) is 65.1 Å². The molecule has 0 bridgehead atoms. The second-order valence-corrected chi connectivity index (χ2v) is 8.05. The highest BCUT2D eigenvalue weighted by molar-refractivity contribution is 5.93. The number of amides is 1. The van der Waals surface area contributed by atoms with Crippen LogP contribution in [0.2, 0.25) is 0 Å². The number of carbonyl (C=O) groups excluding carboxylic acids is 2. The van der Waals surface area contributed by atoms with Crippen LogP contribution >= 0.6 is 0 Å². The third-order valence-corrected chi connectivity index (χ3v) is 6.08. The van der Waals surface area contributed by atoms with E-state index in [0.717, 1.165) is 11.1 Å². The van der Waals surface area contributed by atoms with Crippen molar-refractivity contribution in [2.75, 3.05) is 13.7 Å². The summed E-state index contributed by atoms with van der Waals surface area (Å²) in [5, 5.41) is 0. The number of hydrogen-bond acceptors (Lipinski definition) is 5. The summed E-state index contributed by atoms with van der Waals surface area (Å²) in [5.41, 5.74) is 1.45. The minimum Gasteiger partial charge on any atom is -0.485 e. The molecule has 1 fully saturated rings. The van der Waals surface area contributed by atoms with Crippen LogP contribution < -0.4 is 9.47 Å². The van der Waals surface area contributed by atoms with Crippen molar-refractivity contribution >= 4 is 11.9 Å². The lowest BCUT2D eigenvalue weighted by atomic mass is 9.86. The summed E-state index contributed by atoms with van der Waals surface area (Å²) in [4.78, 5) is 28.0. The highest BCUT2D eigenvalue weighted by Crippen LogP contribution is 2.45. The van der Waals surface area contributed by atoms with Gasteiger partial charge < -0.3 is 19.1 Å². The molecule has 0 aliphatic carbocycles. The molecule has 2 aliphatic rings. The first-order chi connectivity index (χ1) is 16.1. The number of carbonyl (C=O) groups is 2. The Morgan fingerprint density at radius 1 is 0.939 bits per heavy atom. The summed E-state index contributed by atoms with van der Waals surface area (Å²) in [6.45, 7) is 0.134. The summed E-state index contributed by atoms with van der Waals surface area (Å²) in [5.74, 6) is -0.647. The number of ether oxygens (including phenoxy) is 3. The lowest BCUT2D eigenvalue weighted by Crippen LogP contribution is -2.44. The van der Waals surface area contributed by atoms with Crippen LogP contribution in [-0.4, -0.2) is 42.6 Å². The Morgan fingerprint density at radius 2 is 1.55 bits per heavy atom. The lowest BCUT2D eigenvalue weighted by molar-refractivity contribution is -0.151. The first-order valence-electron chi connectivity index (χ1n) is 10.7. The zero-order valence-electron chi connectivity index (χ0n) is 17.9. The van der Waals surface area contributed by atoms with Crippen molar-refractivity contribution in [2.45, 2.75) is 24.5 Å². The molecule has 6 nitrogen and oxygen atoms in total. The first-order valence-corrected chi connectivity index (χ1v) is 10.7. The monoisotopic (exact) mass is 447 g/mol. The van der Waals surface area contributed by atoms with E-state index in [4.69, 9.17) is 14.2 Å². The molecule has 0 saturated carbocycles. The fourth-order valence-electron chi connectivity index (χ4n) is 4.55. The Kier molecular flexibility index (Phi) is 5.46. The normalized spacial score (nSPS) is 19.3. The van der Waals surface area contributed by atoms with Gasteiger partial charge in [0.05, 0.1) is 19.6 Å². The molecule has 3 aromatic rings. The fraction of sp³-hybridized carbons (Fsp3) is 0.231. The van der Waals surface area contributed by atoms with Gasteiger partial charge in [-0.25, -0.2) is 9.18 Å². The molecule has 1 saturated heterocycles. The maximum Gasteiger partial charge on any atom is 0.328 e. The maximum absolute atomic E-state index is 14.1. The molecule has 0 spiro atoms. The van der Waals surface area contributed by atoms with Crippen molar-refractivity contribution in [2.24, 2.45) is 0 Å². The second kappa shape index (κ2) is 8.58. The van der Waals surface area contributed by atoms with E-state index in [2.05, 4.69) is 0 Å². The zero-order valence-corrected chi connectivity index (χ0v) is 17.9. The van der Waals surface area contributed by atoms with Crippen LogP contribution in [0, 0.1) is 5.82 Å². The number of benzene rings is 3. The number of methoxy groups -OCH3 is 1. The van der Waals surface area contributed by atoms with E-state index in [0.29, 0.717) is 11.5 Å².